The Morgan fingerprint density at radius 3 is 2.20 bits per heavy atom. The molecule has 2 amide bonds. The third-order valence-electron chi connectivity index (χ3n) is 11.0. The number of aliphatic hydroxyl groups excluding tert-OH is 1. The Labute approximate surface area is 328 Å². The van der Waals surface area contributed by atoms with Crippen LogP contribution >= 0.6 is 0 Å². The summed E-state index contributed by atoms with van der Waals surface area (Å²) in [5, 5.41) is 15.5. The molecule has 10 heteroatoms. The maximum atomic E-state index is 12.8. The summed E-state index contributed by atoms with van der Waals surface area (Å²) >= 11 is 0. The number of nitrogens with zero attached hydrogens (tertiary/aromatic N) is 1. The van der Waals surface area contributed by atoms with Gasteiger partial charge < -0.3 is 44.3 Å². The standard InChI is InChI=1S/C46H49N3O7/c1-32-42(30-49-23-21-46(22-24-49)52-25-26-53-46)55-44(56-43(32)35-15-13-33(31-50)14-16-35)38-10-6-9-37(28-38)36-8-5-7-34(27-36)29-47-45(51)48-39-17-19-41(20-18-39)54-40-11-3-2-4-12-40/h2-20,27-28,32,42-44,50H,21-26,29-31H2,1H3,(H2,47,48,51)/t32-,42+,43+,44+/m0/s1. The number of amides is 2. The number of aliphatic hydroxyl groups is 1. The molecule has 0 saturated carbocycles. The molecule has 8 rings (SSSR count). The average molecular weight is 756 g/mol. The number of likely N-dealkylation sites (tertiary alicyclic amines) is 1. The topological polar surface area (TPSA) is 111 Å². The Bertz CT molecular complexity index is 2040. The molecule has 10 nitrogen and oxygen atoms in total. The lowest BCUT2D eigenvalue weighted by molar-refractivity contribution is -0.278. The van der Waals surface area contributed by atoms with Crippen molar-refractivity contribution < 1.29 is 33.6 Å². The highest BCUT2D eigenvalue weighted by atomic mass is 16.7. The minimum Gasteiger partial charge on any atom is -0.457 e. The van der Waals surface area contributed by atoms with Crippen LogP contribution in [0.15, 0.2) is 127 Å². The largest absolute Gasteiger partial charge is 0.457 e. The highest BCUT2D eigenvalue weighted by molar-refractivity contribution is 5.89. The highest BCUT2D eigenvalue weighted by Crippen LogP contribution is 2.43. The molecule has 290 valence electrons. The Balaban J connectivity index is 0.928. The van der Waals surface area contributed by atoms with Gasteiger partial charge in [-0.2, -0.15) is 0 Å². The molecule has 1 spiro atoms. The van der Waals surface area contributed by atoms with Crippen LogP contribution < -0.4 is 15.4 Å². The van der Waals surface area contributed by atoms with Crippen molar-refractivity contribution in [2.75, 3.05) is 38.2 Å². The van der Waals surface area contributed by atoms with Gasteiger partial charge in [0.25, 0.3) is 0 Å². The van der Waals surface area contributed by atoms with Crippen molar-refractivity contribution in [1.82, 2.24) is 10.2 Å². The molecule has 4 atom stereocenters. The van der Waals surface area contributed by atoms with Crippen LogP contribution in [-0.4, -0.2) is 60.8 Å². The molecule has 0 radical (unpaired) electrons. The van der Waals surface area contributed by atoms with Crippen LogP contribution in [0.5, 0.6) is 11.5 Å². The van der Waals surface area contributed by atoms with E-state index in [4.69, 9.17) is 23.7 Å². The summed E-state index contributed by atoms with van der Waals surface area (Å²) < 4.78 is 31.5. The van der Waals surface area contributed by atoms with Crippen molar-refractivity contribution >= 4 is 11.7 Å². The molecule has 3 N–H and O–H groups in total. The van der Waals surface area contributed by atoms with E-state index in [1.807, 2.05) is 84.9 Å². The zero-order chi connectivity index (χ0) is 38.3. The molecule has 0 bridgehead atoms. The van der Waals surface area contributed by atoms with Gasteiger partial charge in [0.15, 0.2) is 12.1 Å². The third kappa shape index (κ3) is 9.13. The summed E-state index contributed by atoms with van der Waals surface area (Å²) in [5.41, 5.74) is 6.55. The second-order valence-corrected chi connectivity index (χ2v) is 14.8. The number of carbonyl (C=O) groups excluding carboxylic acids is 1. The SMILES string of the molecule is C[C@H]1[C@@H](CN2CCC3(CC2)OCCO3)O[C@@H](c2cccc(-c3cccc(CNC(=O)Nc4ccc(Oc5ccccc5)cc4)c3)c2)O[C@H]1c1ccc(CO)cc1. The van der Waals surface area contributed by atoms with E-state index in [9.17, 15) is 9.90 Å². The first-order chi connectivity index (χ1) is 27.4. The van der Waals surface area contributed by atoms with E-state index in [2.05, 4.69) is 64.9 Å². The fourth-order valence-corrected chi connectivity index (χ4v) is 7.76. The lowest BCUT2D eigenvalue weighted by Gasteiger charge is -2.44. The molecular weight excluding hydrogens is 707 g/mol. The molecule has 0 aromatic heterocycles. The molecule has 3 aliphatic rings. The van der Waals surface area contributed by atoms with Crippen molar-refractivity contribution in [3.63, 3.8) is 0 Å². The van der Waals surface area contributed by atoms with Gasteiger partial charge >= 0.3 is 6.03 Å². The number of para-hydroxylation sites is 1. The van der Waals surface area contributed by atoms with Crippen molar-refractivity contribution in [2.24, 2.45) is 5.92 Å². The lowest BCUT2D eigenvalue weighted by Crippen LogP contribution is -2.50. The second-order valence-electron chi connectivity index (χ2n) is 14.8. The molecule has 3 fully saturated rings. The quantitative estimate of drug-likeness (QED) is 0.123. The van der Waals surface area contributed by atoms with E-state index < -0.39 is 12.1 Å². The van der Waals surface area contributed by atoms with Gasteiger partial charge in [0.2, 0.25) is 0 Å². The average Bonchev–Trinajstić information content (AvgIpc) is 3.70. The maximum absolute atomic E-state index is 12.8. The van der Waals surface area contributed by atoms with Crippen molar-refractivity contribution in [3.05, 3.63) is 150 Å². The molecule has 3 saturated heterocycles. The van der Waals surface area contributed by atoms with Gasteiger partial charge in [-0.3, -0.25) is 0 Å². The number of piperidine rings is 1. The van der Waals surface area contributed by atoms with Crippen LogP contribution in [0.25, 0.3) is 11.1 Å². The Morgan fingerprint density at radius 2 is 1.46 bits per heavy atom. The molecule has 0 unspecified atom stereocenters. The summed E-state index contributed by atoms with van der Waals surface area (Å²) in [5.74, 6) is 1.10. The highest BCUT2D eigenvalue weighted by Gasteiger charge is 2.43. The van der Waals surface area contributed by atoms with Crippen LogP contribution in [0.4, 0.5) is 10.5 Å². The molecule has 3 heterocycles. The van der Waals surface area contributed by atoms with Crippen molar-refractivity contribution in [2.45, 2.75) is 57.2 Å². The molecule has 3 aliphatic heterocycles. The van der Waals surface area contributed by atoms with Crippen LogP contribution in [0.1, 0.15) is 54.4 Å². The van der Waals surface area contributed by atoms with Gasteiger partial charge in [0.1, 0.15) is 11.5 Å². The molecule has 5 aromatic rings. The molecule has 0 aliphatic carbocycles. The van der Waals surface area contributed by atoms with E-state index in [1.165, 1.54) is 0 Å². The first-order valence-corrected chi connectivity index (χ1v) is 19.5. The summed E-state index contributed by atoms with van der Waals surface area (Å²) in [6.45, 7) is 6.43. The van der Waals surface area contributed by atoms with E-state index >= 15 is 0 Å². The van der Waals surface area contributed by atoms with Gasteiger partial charge in [0, 0.05) is 56.2 Å². The number of carbonyl (C=O) groups is 1. The number of ether oxygens (including phenoxy) is 5. The first-order valence-electron chi connectivity index (χ1n) is 19.5. The fraction of sp³-hybridized carbons (Fsp3) is 0.326. The van der Waals surface area contributed by atoms with Gasteiger partial charge in [-0.15, -0.1) is 0 Å². The predicted octanol–water partition coefficient (Wildman–Crippen LogP) is 8.59. The molecule has 56 heavy (non-hydrogen) atoms. The smallest absolute Gasteiger partial charge is 0.319 e. The number of hydrogen-bond donors (Lipinski definition) is 3. The summed E-state index contributed by atoms with van der Waals surface area (Å²) in [6.07, 6.45) is 0.833. The minimum absolute atomic E-state index is 0.00265. The first kappa shape index (κ1) is 37.8. The molecule has 5 aromatic carbocycles. The third-order valence-corrected chi connectivity index (χ3v) is 11.0. The van der Waals surface area contributed by atoms with Crippen LogP contribution in [0.2, 0.25) is 0 Å². The number of hydrogen-bond acceptors (Lipinski definition) is 8. The zero-order valence-corrected chi connectivity index (χ0v) is 31.6. The van der Waals surface area contributed by atoms with E-state index in [-0.39, 0.29) is 30.8 Å². The fourth-order valence-electron chi connectivity index (χ4n) is 7.76. The zero-order valence-electron chi connectivity index (χ0n) is 31.6. The molecular formula is C46H49N3O7. The van der Waals surface area contributed by atoms with E-state index in [0.29, 0.717) is 31.2 Å². The number of anilines is 1. The van der Waals surface area contributed by atoms with Crippen molar-refractivity contribution in [1.29, 1.82) is 0 Å². The van der Waals surface area contributed by atoms with Crippen LogP contribution in [0, 0.1) is 5.92 Å². The Hall–Kier alpha value is -5.07. The van der Waals surface area contributed by atoms with E-state index in [1.54, 1.807) is 0 Å². The number of rotatable bonds is 11. The summed E-state index contributed by atoms with van der Waals surface area (Å²) in [4.78, 5) is 15.3. The minimum atomic E-state index is -0.580. The lowest BCUT2D eigenvalue weighted by atomic mass is 9.89. The predicted molar refractivity (Wildman–Crippen MR) is 214 cm³/mol. The number of urea groups is 1. The van der Waals surface area contributed by atoms with Gasteiger partial charge in [0.05, 0.1) is 32.0 Å². The van der Waals surface area contributed by atoms with Gasteiger partial charge in [-0.1, -0.05) is 85.8 Å². The number of benzene rings is 5. The summed E-state index contributed by atoms with van der Waals surface area (Å²) in [6, 6.07) is 41.1. The van der Waals surface area contributed by atoms with Gasteiger partial charge in [-0.25, -0.2) is 4.79 Å². The van der Waals surface area contributed by atoms with E-state index in [0.717, 1.165) is 71.6 Å². The van der Waals surface area contributed by atoms with Crippen molar-refractivity contribution in [3.8, 4) is 22.6 Å². The van der Waals surface area contributed by atoms with Gasteiger partial charge in [-0.05, 0) is 76.3 Å². The van der Waals surface area contributed by atoms with Crippen LogP contribution in [-0.2, 0) is 32.1 Å². The van der Waals surface area contributed by atoms with Crippen LogP contribution in [0.3, 0.4) is 0 Å². The summed E-state index contributed by atoms with van der Waals surface area (Å²) in [7, 11) is 0. The second kappa shape index (κ2) is 17.4. The monoisotopic (exact) mass is 755 g/mol. The maximum Gasteiger partial charge on any atom is 0.319 e. The number of nitrogens with one attached hydrogen (secondary N) is 2. The Kier molecular flexibility index (Phi) is 11.7. The normalized spacial score (nSPS) is 22.1. The Morgan fingerprint density at radius 1 is 0.768 bits per heavy atom.